The van der Waals surface area contributed by atoms with Gasteiger partial charge in [-0.3, -0.25) is 10.1 Å². The molecule has 0 aliphatic carbocycles. The largest absolute Gasteiger partial charge is 0.378 e. The molecular formula is C14H13N9O3. The fourth-order valence-electron chi connectivity index (χ4n) is 2.11. The lowest BCUT2D eigenvalue weighted by atomic mass is 10.2. The van der Waals surface area contributed by atoms with E-state index in [9.17, 15) is 10.1 Å². The molecule has 0 radical (unpaired) electrons. The number of anilines is 1. The molecule has 0 aliphatic rings. The van der Waals surface area contributed by atoms with Crippen molar-refractivity contribution in [1.29, 1.82) is 0 Å². The smallest absolute Gasteiger partial charge is 0.269 e. The first-order chi connectivity index (χ1) is 12.5. The number of non-ortho nitro benzene ring substituents is 1. The molecule has 0 spiro atoms. The summed E-state index contributed by atoms with van der Waals surface area (Å²) in [5.74, 6) is 0.332. The van der Waals surface area contributed by atoms with Crippen LogP contribution in [0.1, 0.15) is 23.9 Å². The number of nitro groups is 1. The van der Waals surface area contributed by atoms with Crippen LogP contribution in [0.15, 0.2) is 39.1 Å². The van der Waals surface area contributed by atoms with Crippen molar-refractivity contribution in [2.45, 2.75) is 13.8 Å². The van der Waals surface area contributed by atoms with E-state index in [1.54, 1.807) is 26.0 Å². The highest BCUT2D eigenvalue weighted by Crippen LogP contribution is 2.15. The number of benzene rings is 1. The number of nitro benzene ring substituents is 1. The number of hydrogen-bond acceptors (Lipinski definition) is 10. The van der Waals surface area contributed by atoms with Crippen LogP contribution in [0.2, 0.25) is 0 Å². The molecule has 0 fully saturated rings. The lowest BCUT2D eigenvalue weighted by molar-refractivity contribution is -0.384. The first kappa shape index (κ1) is 16.9. The molecule has 0 atom stereocenters. The number of nitrogens with two attached hydrogens (primary N) is 1. The van der Waals surface area contributed by atoms with Gasteiger partial charge in [0.2, 0.25) is 11.6 Å². The molecule has 132 valence electrons. The third-order valence-corrected chi connectivity index (χ3v) is 3.45. The third kappa shape index (κ3) is 3.28. The van der Waals surface area contributed by atoms with Crippen LogP contribution in [-0.2, 0) is 0 Å². The van der Waals surface area contributed by atoms with Gasteiger partial charge in [0.15, 0.2) is 0 Å². The number of nitrogens with zero attached hydrogens (tertiary/aromatic N) is 8. The predicted octanol–water partition coefficient (Wildman–Crippen LogP) is 1.29. The number of aromatic nitrogens is 5. The summed E-state index contributed by atoms with van der Waals surface area (Å²) >= 11 is 0. The topological polar surface area (TPSA) is 164 Å². The maximum absolute atomic E-state index is 10.6. The van der Waals surface area contributed by atoms with Crippen LogP contribution >= 0.6 is 0 Å². The highest BCUT2D eigenvalue weighted by molar-refractivity contribution is 5.98. The second kappa shape index (κ2) is 6.88. The molecule has 2 heterocycles. The molecule has 2 aromatic heterocycles. The highest BCUT2D eigenvalue weighted by Gasteiger charge is 2.17. The first-order valence-corrected chi connectivity index (χ1v) is 7.30. The molecule has 12 heteroatoms. The van der Waals surface area contributed by atoms with Crippen LogP contribution in [0.5, 0.6) is 0 Å². The molecule has 0 amide bonds. The molecule has 1 aromatic carbocycles. The van der Waals surface area contributed by atoms with Gasteiger partial charge in [0, 0.05) is 12.1 Å². The van der Waals surface area contributed by atoms with Gasteiger partial charge in [0.1, 0.15) is 5.69 Å². The highest BCUT2D eigenvalue weighted by atomic mass is 16.6. The minimum atomic E-state index is -0.466. The fourth-order valence-corrected chi connectivity index (χ4v) is 2.11. The lowest BCUT2D eigenvalue weighted by Crippen LogP contribution is -2.04. The number of hydrogen-bond donors (Lipinski definition) is 1. The van der Waals surface area contributed by atoms with E-state index in [1.807, 2.05) is 0 Å². The van der Waals surface area contributed by atoms with E-state index in [2.05, 4.69) is 35.5 Å². The van der Waals surface area contributed by atoms with Crippen LogP contribution < -0.4 is 5.73 Å². The Morgan fingerprint density at radius 2 is 2.08 bits per heavy atom. The van der Waals surface area contributed by atoms with Crippen LogP contribution in [0.4, 0.5) is 11.5 Å². The lowest BCUT2D eigenvalue weighted by Gasteiger charge is -1.98. The summed E-state index contributed by atoms with van der Waals surface area (Å²) in [7, 11) is 0. The SMILES string of the molecule is CC(=NN=Cc1ccc([N+](=O)[O-])cc1)c1nnn(-c2nonc2N)c1C. The van der Waals surface area contributed by atoms with E-state index in [0.29, 0.717) is 22.7 Å². The quantitative estimate of drug-likeness (QED) is 0.406. The monoisotopic (exact) mass is 355 g/mol. The van der Waals surface area contributed by atoms with Gasteiger partial charge in [-0.1, -0.05) is 5.21 Å². The van der Waals surface area contributed by atoms with Crippen LogP contribution in [0.3, 0.4) is 0 Å². The molecule has 26 heavy (non-hydrogen) atoms. The third-order valence-electron chi connectivity index (χ3n) is 3.45. The van der Waals surface area contributed by atoms with Gasteiger partial charge in [-0.05, 0) is 41.9 Å². The van der Waals surface area contributed by atoms with Gasteiger partial charge in [-0.15, -0.1) is 5.10 Å². The van der Waals surface area contributed by atoms with Gasteiger partial charge in [0.25, 0.3) is 5.69 Å². The Morgan fingerprint density at radius 3 is 2.69 bits per heavy atom. The molecule has 0 aliphatic heterocycles. The maximum Gasteiger partial charge on any atom is 0.269 e. The molecule has 12 nitrogen and oxygen atoms in total. The molecule has 0 saturated heterocycles. The Hall–Kier alpha value is -3.96. The second-order valence-electron chi connectivity index (χ2n) is 5.19. The Balaban J connectivity index is 1.79. The summed E-state index contributed by atoms with van der Waals surface area (Å²) in [4.78, 5) is 10.2. The molecule has 2 N–H and O–H groups in total. The Labute approximate surface area is 146 Å². The van der Waals surface area contributed by atoms with Crippen molar-refractivity contribution in [3.8, 4) is 5.82 Å². The zero-order chi connectivity index (χ0) is 18.7. The minimum absolute atomic E-state index is 0.00990. The van der Waals surface area contributed by atoms with Crippen molar-refractivity contribution >= 4 is 23.4 Å². The normalized spacial score (nSPS) is 12.0. The van der Waals surface area contributed by atoms with Gasteiger partial charge >= 0.3 is 0 Å². The van der Waals surface area contributed by atoms with E-state index < -0.39 is 4.92 Å². The fraction of sp³-hybridized carbons (Fsp3) is 0.143. The van der Waals surface area contributed by atoms with Gasteiger partial charge in [-0.2, -0.15) is 14.9 Å². The summed E-state index contributed by atoms with van der Waals surface area (Å²) in [6.07, 6.45) is 1.48. The predicted molar refractivity (Wildman–Crippen MR) is 91.3 cm³/mol. The molecule has 3 aromatic rings. The van der Waals surface area contributed by atoms with E-state index in [0.717, 1.165) is 0 Å². The molecule has 0 unspecified atom stereocenters. The van der Waals surface area contributed by atoms with E-state index in [-0.39, 0.29) is 17.3 Å². The minimum Gasteiger partial charge on any atom is -0.378 e. The summed E-state index contributed by atoms with van der Waals surface area (Å²) in [6, 6.07) is 5.94. The second-order valence-corrected chi connectivity index (χ2v) is 5.19. The standard InChI is InChI=1S/C14H13N9O3/c1-8(17-16-7-10-3-5-11(6-4-10)23(24)25)12-9(2)22(21-18-12)14-13(15)19-26-20-14/h3-7H,1-2H3,(H2,15,19). The van der Waals surface area contributed by atoms with Crippen LogP contribution in [0.25, 0.3) is 5.82 Å². The molecule has 0 saturated carbocycles. The number of rotatable bonds is 5. The van der Waals surface area contributed by atoms with Crippen molar-refractivity contribution in [1.82, 2.24) is 25.3 Å². The maximum atomic E-state index is 10.6. The van der Waals surface area contributed by atoms with Gasteiger partial charge in [-0.25, -0.2) is 4.63 Å². The zero-order valence-electron chi connectivity index (χ0n) is 13.8. The van der Waals surface area contributed by atoms with Crippen molar-refractivity contribution in [3.05, 3.63) is 51.3 Å². The van der Waals surface area contributed by atoms with Crippen LogP contribution in [-0.4, -0.2) is 42.2 Å². The molecule has 3 rings (SSSR count). The van der Waals surface area contributed by atoms with E-state index in [1.165, 1.54) is 23.0 Å². The average molecular weight is 355 g/mol. The summed E-state index contributed by atoms with van der Waals surface area (Å²) in [6.45, 7) is 3.49. The van der Waals surface area contributed by atoms with E-state index >= 15 is 0 Å². The van der Waals surface area contributed by atoms with Crippen molar-refractivity contribution in [2.24, 2.45) is 10.2 Å². The molecular weight excluding hydrogens is 342 g/mol. The Morgan fingerprint density at radius 1 is 1.35 bits per heavy atom. The summed E-state index contributed by atoms with van der Waals surface area (Å²) < 4.78 is 5.94. The van der Waals surface area contributed by atoms with Crippen molar-refractivity contribution in [2.75, 3.05) is 5.73 Å². The average Bonchev–Trinajstić information content (AvgIpc) is 3.20. The zero-order valence-corrected chi connectivity index (χ0v) is 13.8. The van der Waals surface area contributed by atoms with Crippen LogP contribution in [0, 0.1) is 17.0 Å². The molecule has 0 bridgehead atoms. The summed E-state index contributed by atoms with van der Waals surface area (Å²) in [5, 5.41) is 33.8. The Kier molecular flexibility index (Phi) is 4.47. The van der Waals surface area contributed by atoms with Gasteiger partial charge in [0.05, 0.1) is 22.5 Å². The number of nitrogen functional groups attached to an aromatic ring is 1. The van der Waals surface area contributed by atoms with E-state index in [4.69, 9.17) is 5.73 Å². The Bertz CT molecular complexity index is 1000. The summed E-state index contributed by atoms with van der Waals surface area (Å²) in [5.41, 5.74) is 8.00. The van der Waals surface area contributed by atoms with Crippen molar-refractivity contribution in [3.63, 3.8) is 0 Å². The van der Waals surface area contributed by atoms with Crippen molar-refractivity contribution < 1.29 is 9.55 Å². The first-order valence-electron chi connectivity index (χ1n) is 7.30. The van der Waals surface area contributed by atoms with Gasteiger partial charge < -0.3 is 5.73 Å².